The van der Waals surface area contributed by atoms with E-state index in [0.717, 1.165) is 49.0 Å². The summed E-state index contributed by atoms with van der Waals surface area (Å²) in [5.74, 6) is -0.455. The molecule has 1 N–H and O–H groups in total. The maximum atomic E-state index is 12.6. The van der Waals surface area contributed by atoms with Crippen LogP contribution in [-0.2, 0) is 22.4 Å². The molecule has 6 nitrogen and oxygen atoms in total. The van der Waals surface area contributed by atoms with Crippen molar-refractivity contribution in [3.05, 3.63) is 47.3 Å². The van der Waals surface area contributed by atoms with Gasteiger partial charge in [-0.15, -0.1) is 0 Å². The van der Waals surface area contributed by atoms with Crippen LogP contribution in [0.25, 0.3) is 5.69 Å². The molecule has 0 aliphatic heterocycles. The van der Waals surface area contributed by atoms with Gasteiger partial charge in [-0.1, -0.05) is 24.6 Å². The molecule has 3 rings (SSSR count). The average molecular weight is 355 g/mol. The zero-order chi connectivity index (χ0) is 18.4. The Balaban J connectivity index is 1.77. The number of carbonyl (C=O) groups is 2. The standard InChI is InChI=1S/C20H25N3O3/c1-15(24)21-13-8-14-26-20(25)19-17-11-6-3-7-12-18(17)23(22-19)16-9-4-2-5-10-16/h2,4-5,9-10H,3,6-8,11-14H2,1H3,(H,21,24). The van der Waals surface area contributed by atoms with E-state index in [1.807, 2.05) is 35.0 Å². The summed E-state index contributed by atoms with van der Waals surface area (Å²) in [7, 11) is 0. The van der Waals surface area contributed by atoms with Crippen LogP contribution in [0.15, 0.2) is 30.3 Å². The lowest BCUT2D eigenvalue weighted by Crippen LogP contribution is -2.22. The Kier molecular flexibility index (Phi) is 6.04. The maximum Gasteiger partial charge on any atom is 0.359 e. The van der Waals surface area contributed by atoms with Gasteiger partial charge in [0.2, 0.25) is 5.91 Å². The van der Waals surface area contributed by atoms with E-state index in [1.165, 1.54) is 6.92 Å². The number of nitrogens with zero attached hydrogens (tertiary/aromatic N) is 2. The number of para-hydroxylation sites is 1. The normalized spacial score (nSPS) is 13.6. The minimum atomic E-state index is -0.374. The van der Waals surface area contributed by atoms with Crippen molar-refractivity contribution in [2.45, 2.75) is 45.4 Å². The van der Waals surface area contributed by atoms with Gasteiger partial charge in [-0.25, -0.2) is 9.48 Å². The number of nitrogens with one attached hydrogen (secondary N) is 1. The van der Waals surface area contributed by atoms with Crippen LogP contribution < -0.4 is 5.32 Å². The second-order valence-corrected chi connectivity index (χ2v) is 6.55. The van der Waals surface area contributed by atoms with E-state index in [0.29, 0.717) is 18.7 Å². The van der Waals surface area contributed by atoms with E-state index in [1.54, 1.807) is 0 Å². The topological polar surface area (TPSA) is 73.2 Å². The van der Waals surface area contributed by atoms with E-state index in [2.05, 4.69) is 10.4 Å². The van der Waals surface area contributed by atoms with E-state index >= 15 is 0 Å². The molecule has 1 aliphatic carbocycles. The molecule has 0 spiro atoms. The molecule has 26 heavy (non-hydrogen) atoms. The first-order valence-electron chi connectivity index (χ1n) is 9.24. The van der Waals surface area contributed by atoms with E-state index < -0.39 is 0 Å². The highest BCUT2D eigenvalue weighted by molar-refractivity contribution is 5.89. The second kappa shape index (κ2) is 8.65. The smallest absolute Gasteiger partial charge is 0.359 e. The molecule has 0 radical (unpaired) electrons. The zero-order valence-corrected chi connectivity index (χ0v) is 15.2. The molecule has 0 saturated carbocycles. The molecule has 0 atom stereocenters. The van der Waals surface area contributed by atoms with Crippen molar-refractivity contribution >= 4 is 11.9 Å². The molecular formula is C20H25N3O3. The lowest BCUT2D eigenvalue weighted by molar-refractivity contribution is -0.118. The van der Waals surface area contributed by atoms with Crippen molar-refractivity contribution in [2.75, 3.05) is 13.2 Å². The van der Waals surface area contributed by atoms with Crippen LogP contribution in [0.2, 0.25) is 0 Å². The molecule has 0 unspecified atom stereocenters. The Bertz CT molecular complexity index is 768. The van der Waals surface area contributed by atoms with Crippen molar-refractivity contribution in [3.63, 3.8) is 0 Å². The molecule has 6 heteroatoms. The third kappa shape index (κ3) is 4.31. The Labute approximate surface area is 153 Å². The Morgan fingerprint density at radius 2 is 1.92 bits per heavy atom. The van der Waals surface area contributed by atoms with Crippen molar-refractivity contribution < 1.29 is 14.3 Å². The summed E-state index contributed by atoms with van der Waals surface area (Å²) < 4.78 is 7.30. The van der Waals surface area contributed by atoms with E-state index in [9.17, 15) is 9.59 Å². The number of benzene rings is 1. The van der Waals surface area contributed by atoms with Crippen LogP contribution in [0.4, 0.5) is 0 Å². The molecule has 0 saturated heterocycles. The molecule has 2 aromatic rings. The van der Waals surface area contributed by atoms with Crippen LogP contribution in [0.5, 0.6) is 0 Å². The van der Waals surface area contributed by atoms with Crippen LogP contribution in [0, 0.1) is 0 Å². The minimum absolute atomic E-state index is 0.0803. The molecule has 1 amide bonds. The fourth-order valence-electron chi connectivity index (χ4n) is 3.29. The molecule has 0 fully saturated rings. The summed E-state index contributed by atoms with van der Waals surface area (Å²) in [5.41, 5.74) is 3.55. The fourth-order valence-corrected chi connectivity index (χ4v) is 3.29. The molecule has 138 valence electrons. The van der Waals surface area contributed by atoms with Gasteiger partial charge in [-0.3, -0.25) is 4.79 Å². The first kappa shape index (κ1) is 18.2. The lowest BCUT2D eigenvalue weighted by atomic mass is 10.1. The number of hydrogen-bond acceptors (Lipinski definition) is 4. The number of rotatable bonds is 6. The summed E-state index contributed by atoms with van der Waals surface area (Å²) in [4.78, 5) is 23.4. The molecule has 1 heterocycles. The third-order valence-electron chi connectivity index (χ3n) is 4.55. The molecular weight excluding hydrogens is 330 g/mol. The quantitative estimate of drug-likeness (QED) is 0.491. The predicted molar refractivity (Wildman–Crippen MR) is 98.4 cm³/mol. The SMILES string of the molecule is CC(=O)NCCCOC(=O)c1nn(-c2ccccc2)c2c1CCCCC2. The number of hydrogen-bond donors (Lipinski definition) is 1. The van der Waals surface area contributed by atoms with Gasteiger partial charge in [0.15, 0.2) is 5.69 Å². The Morgan fingerprint density at radius 3 is 2.69 bits per heavy atom. The molecule has 1 aliphatic rings. The van der Waals surface area contributed by atoms with Crippen molar-refractivity contribution in [3.8, 4) is 5.69 Å². The van der Waals surface area contributed by atoms with Gasteiger partial charge < -0.3 is 10.1 Å². The van der Waals surface area contributed by atoms with Crippen LogP contribution in [0.3, 0.4) is 0 Å². The predicted octanol–water partition coefficient (Wildman–Crippen LogP) is 2.82. The maximum absolute atomic E-state index is 12.6. The highest BCUT2D eigenvalue weighted by Crippen LogP contribution is 2.26. The molecule has 0 bridgehead atoms. The Hall–Kier alpha value is -2.63. The third-order valence-corrected chi connectivity index (χ3v) is 4.55. The van der Waals surface area contributed by atoms with Crippen molar-refractivity contribution in [1.82, 2.24) is 15.1 Å². The van der Waals surface area contributed by atoms with Crippen LogP contribution >= 0.6 is 0 Å². The van der Waals surface area contributed by atoms with Gasteiger partial charge >= 0.3 is 5.97 Å². The van der Waals surface area contributed by atoms with Gasteiger partial charge in [0.1, 0.15) is 0 Å². The summed E-state index contributed by atoms with van der Waals surface area (Å²) in [6.07, 6.45) is 5.71. The largest absolute Gasteiger partial charge is 0.461 e. The number of ether oxygens (including phenoxy) is 1. The Morgan fingerprint density at radius 1 is 1.15 bits per heavy atom. The summed E-state index contributed by atoms with van der Waals surface area (Å²) in [6, 6.07) is 9.91. The van der Waals surface area contributed by atoms with Gasteiger partial charge in [0.05, 0.1) is 12.3 Å². The monoisotopic (exact) mass is 355 g/mol. The second-order valence-electron chi connectivity index (χ2n) is 6.55. The molecule has 1 aromatic carbocycles. The highest BCUT2D eigenvalue weighted by atomic mass is 16.5. The zero-order valence-electron chi connectivity index (χ0n) is 15.2. The summed E-state index contributed by atoms with van der Waals surface area (Å²) in [5, 5.41) is 7.30. The summed E-state index contributed by atoms with van der Waals surface area (Å²) in [6.45, 7) is 2.24. The van der Waals surface area contributed by atoms with Gasteiger partial charge in [0.25, 0.3) is 0 Å². The number of carbonyl (C=O) groups excluding carboxylic acids is 2. The van der Waals surface area contributed by atoms with Gasteiger partial charge in [-0.2, -0.15) is 5.10 Å². The van der Waals surface area contributed by atoms with Crippen molar-refractivity contribution in [2.24, 2.45) is 0 Å². The number of esters is 1. The number of amides is 1. The lowest BCUT2D eigenvalue weighted by Gasteiger charge is -2.06. The van der Waals surface area contributed by atoms with Crippen LogP contribution in [-0.4, -0.2) is 34.8 Å². The van der Waals surface area contributed by atoms with Crippen LogP contribution in [0.1, 0.15) is 54.4 Å². The van der Waals surface area contributed by atoms with E-state index in [-0.39, 0.29) is 18.5 Å². The average Bonchev–Trinajstić information content (AvgIpc) is 2.83. The first-order chi connectivity index (χ1) is 12.7. The van der Waals surface area contributed by atoms with E-state index in [4.69, 9.17) is 4.74 Å². The fraction of sp³-hybridized carbons (Fsp3) is 0.450. The first-order valence-corrected chi connectivity index (χ1v) is 9.24. The van der Waals surface area contributed by atoms with Gasteiger partial charge in [0, 0.05) is 24.7 Å². The van der Waals surface area contributed by atoms with Gasteiger partial charge in [-0.05, 0) is 44.2 Å². The highest BCUT2D eigenvalue weighted by Gasteiger charge is 2.25. The number of fused-ring (bicyclic) bond motifs is 1. The molecule has 1 aromatic heterocycles. The summed E-state index contributed by atoms with van der Waals surface area (Å²) >= 11 is 0. The number of aromatic nitrogens is 2. The van der Waals surface area contributed by atoms with Crippen molar-refractivity contribution in [1.29, 1.82) is 0 Å². The minimum Gasteiger partial charge on any atom is -0.461 e.